The molecule has 1 saturated carbocycles. The summed E-state index contributed by atoms with van der Waals surface area (Å²) in [6, 6.07) is 10.7. The average Bonchev–Trinajstić information content (AvgIpc) is 2.98. The van der Waals surface area contributed by atoms with E-state index in [1.807, 2.05) is 10.9 Å². The number of rotatable bonds is 3. The first-order valence-electron chi connectivity index (χ1n) is 7.61. The van der Waals surface area contributed by atoms with Gasteiger partial charge < -0.3 is 5.73 Å². The number of aryl methyl sites for hydroxylation is 1. The Morgan fingerprint density at radius 2 is 2.10 bits per heavy atom. The summed E-state index contributed by atoms with van der Waals surface area (Å²) in [4.78, 5) is 0. The van der Waals surface area contributed by atoms with Gasteiger partial charge in [-0.05, 0) is 25.3 Å². The molecule has 1 fully saturated rings. The van der Waals surface area contributed by atoms with Crippen LogP contribution in [0.15, 0.2) is 42.7 Å². The standard InChI is InChI=1S/C17H23N3/c1-2-20-13-15(12-19-20)17(18)11-7-6-10-16(17)14-8-4-3-5-9-14/h3-5,8-9,12-13,16H,2,6-7,10-11,18H2,1H3. The van der Waals surface area contributed by atoms with Crippen LogP contribution in [0.25, 0.3) is 0 Å². The van der Waals surface area contributed by atoms with Crippen LogP contribution < -0.4 is 5.73 Å². The van der Waals surface area contributed by atoms with Gasteiger partial charge in [-0.15, -0.1) is 0 Å². The first-order chi connectivity index (χ1) is 9.74. The number of nitrogens with two attached hydrogens (primary N) is 1. The third kappa shape index (κ3) is 2.27. The number of hydrogen-bond acceptors (Lipinski definition) is 2. The molecular weight excluding hydrogens is 246 g/mol. The highest BCUT2D eigenvalue weighted by Gasteiger charge is 2.40. The van der Waals surface area contributed by atoms with Crippen molar-refractivity contribution in [3.8, 4) is 0 Å². The van der Waals surface area contributed by atoms with Crippen molar-refractivity contribution in [3.63, 3.8) is 0 Å². The molecule has 3 nitrogen and oxygen atoms in total. The van der Waals surface area contributed by atoms with E-state index in [0.717, 1.165) is 19.4 Å². The second-order valence-corrected chi connectivity index (χ2v) is 5.83. The molecule has 1 aromatic carbocycles. The first-order valence-corrected chi connectivity index (χ1v) is 7.61. The van der Waals surface area contributed by atoms with Gasteiger partial charge in [0.2, 0.25) is 0 Å². The van der Waals surface area contributed by atoms with Gasteiger partial charge in [0.1, 0.15) is 0 Å². The molecule has 20 heavy (non-hydrogen) atoms. The van der Waals surface area contributed by atoms with E-state index in [1.54, 1.807) is 0 Å². The van der Waals surface area contributed by atoms with Crippen LogP contribution >= 0.6 is 0 Å². The fourth-order valence-corrected chi connectivity index (χ4v) is 3.47. The highest BCUT2D eigenvalue weighted by Crippen LogP contribution is 2.45. The van der Waals surface area contributed by atoms with E-state index in [0.29, 0.717) is 5.92 Å². The lowest BCUT2D eigenvalue weighted by Gasteiger charge is -2.41. The van der Waals surface area contributed by atoms with Gasteiger partial charge in [-0.25, -0.2) is 0 Å². The maximum atomic E-state index is 6.87. The largest absolute Gasteiger partial charge is 0.321 e. The van der Waals surface area contributed by atoms with E-state index in [-0.39, 0.29) is 5.54 Å². The lowest BCUT2D eigenvalue weighted by atomic mass is 9.67. The molecule has 0 radical (unpaired) electrons. The summed E-state index contributed by atoms with van der Waals surface area (Å²) >= 11 is 0. The third-order valence-corrected chi connectivity index (χ3v) is 4.65. The topological polar surface area (TPSA) is 43.8 Å². The Morgan fingerprint density at radius 1 is 1.30 bits per heavy atom. The van der Waals surface area contributed by atoms with E-state index in [2.05, 4.69) is 48.6 Å². The molecule has 1 aliphatic carbocycles. The summed E-state index contributed by atoms with van der Waals surface area (Å²) < 4.78 is 1.97. The van der Waals surface area contributed by atoms with Crippen LogP contribution in [0.2, 0.25) is 0 Å². The second kappa shape index (κ2) is 5.41. The van der Waals surface area contributed by atoms with Crippen molar-refractivity contribution in [2.45, 2.75) is 50.6 Å². The summed E-state index contributed by atoms with van der Waals surface area (Å²) in [6.07, 6.45) is 8.77. The van der Waals surface area contributed by atoms with Gasteiger partial charge in [0.25, 0.3) is 0 Å². The molecule has 0 saturated heterocycles. The van der Waals surface area contributed by atoms with Gasteiger partial charge in [-0.1, -0.05) is 43.2 Å². The number of benzene rings is 1. The maximum absolute atomic E-state index is 6.87. The molecule has 0 aliphatic heterocycles. The van der Waals surface area contributed by atoms with Crippen LogP contribution in [-0.2, 0) is 12.1 Å². The molecule has 2 aromatic rings. The minimum absolute atomic E-state index is 0.271. The van der Waals surface area contributed by atoms with Gasteiger partial charge in [0, 0.05) is 24.2 Å². The van der Waals surface area contributed by atoms with Crippen molar-refractivity contribution in [3.05, 3.63) is 53.9 Å². The zero-order valence-corrected chi connectivity index (χ0v) is 12.1. The fraction of sp³-hybridized carbons (Fsp3) is 0.471. The molecule has 106 valence electrons. The molecule has 1 aromatic heterocycles. The second-order valence-electron chi connectivity index (χ2n) is 5.83. The van der Waals surface area contributed by atoms with Crippen molar-refractivity contribution < 1.29 is 0 Å². The molecule has 2 unspecified atom stereocenters. The van der Waals surface area contributed by atoms with Crippen LogP contribution in [0.4, 0.5) is 0 Å². The minimum Gasteiger partial charge on any atom is -0.321 e. The lowest BCUT2D eigenvalue weighted by Crippen LogP contribution is -2.44. The zero-order chi connectivity index (χ0) is 14.0. The molecular formula is C17H23N3. The Bertz CT molecular complexity index is 561. The molecule has 0 spiro atoms. The normalized spacial score (nSPS) is 26.6. The van der Waals surface area contributed by atoms with Crippen molar-refractivity contribution in [2.24, 2.45) is 5.73 Å². The smallest absolute Gasteiger partial charge is 0.0540 e. The predicted molar refractivity (Wildman–Crippen MR) is 81.4 cm³/mol. The Labute approximate surface area is 120 Å². The van der Waals surface area contributed by atoms with E-state index in [4.69, 9.17) is 5.73 Å². The fourth-order valence-electron chi connectivity index (χ4n) is 3.47. The van der Waals surface area contributed by atoms with Gasteiger partial charge in [-0.2, -0.15) is 5.10 Å². The Morgan fingerprint density at radius 3 is 2.80 bits per heavy atom. The first kappa shape index (κ1) is 13.4. The van der Waals surface area contributed by atoms with Crippen molar-refractivity contribution in [1.29, 1.82) is 0 Å². The van der Waals surface area contributed by atoms with Gasteiger partial charge >= 0.3 is 0 Å². The monoisotopic (exact) mass is 269 g/mol. The van der Waals surface area contributed by atoms with E-state index >= 15 is 0 Å². The minimum atomic E-state index is -0.271. The summed E-state index contributed by atoms with van der Waals surface area (Å²) in [5, 5.41) is 4.42. The third-order valence-electron chi connectivity index (χ3n) is 4.65. The Kier molecular flexibility index (Phi) is 3.62. The van der Waals surface area contributed by atoms with E-state index < -0.39 is 0 Å². The van der Waals surface area contributed by atoms with Gasteiger partial charge in [-0.3, -0.25) is 4.68 Å². The van der Waals surface area contributed by atoms with Crippen LogP contribution in [0.5, 0.6) is 0 Å². The van der Waals surface area contributed by atoms with Crippen LogP contribution in [0, 0.1) is 0 Å². The average molecular weight is 269 g/mol. The number of nitrogens with zero attached hydrogens (tertiary/aromatic N) is 2. The molecule has 2 atom stereocenters. The zero-order valence-electron chi connectivity index (χ0n) is 12.1. The predicted octanol–water partition coefficient (Wildman–Crippen LogP) is 3.41. The van der Waals surface area contributed by atoms with Crippen molar-refractivity contribution in [1.82, 2.24) is 9.78 Å². The maximum Gasteiger partial charge on any atom is 0.0540 e. The summed E-state index contributed by atoms with van der Waals surface area (Å²) in [7, 11) is 0. The summed E-state index contributed by atoms with van der Waals surface area (Å²) in [6.45, 7) is 3.00. The van der Waals surface area contributed by atoms with Gasteiger partial charge in [0.15, 0.2) is 0 Å². The number of hydrogen-bond donors (Lipinski definition) is 1. The molecule has 3 heteroatoms. The van der Waals surface area contributed by atoms with E-state index in [9.17, 15) is 0 Å². The quantitative estimate of drug-likeness (QED) is 0.928. The van der Waals surface area contributed by atoms with Gasteiger partial charge in [0.05, 0.1) is 11.7 Å². The molecule has 3 rings (SSSR count). The molecule has 2 N–H and O–H groups in total. The summed E-state index contributed by atoms with van der Waals surface area (Å²) in [5.41, 5.74) is 9.15. The molecule has 0 bridgehead atoms. The van der Waals surface area contributed by atoms with Crippen LogP contribution in [-0.4, -0.2) is 9.78 Å². The van der Waals surface area contributed by atoms with Crippen molar-refractivity contribution >= 4 is 0 Å². The lowest BCUT2D eigenvalue weighted by molar-refractivity contribution is 0.254. The highest BCUT2D eigenvalue weighted by atomic mass is 15.3. The Hall–Kier alpha value is -1.61. The molecule has 0 amide bonds. The Balaban J connectivity index is 1.99. The highest BCUT2D eigenvalue weighted by molar-refractivity contribution is 5.31. The van der Waals surface area contributed by atoms with Crippen molar-refractivity contribution in [2.75, 3.05) is 0 Å². The summed E-state index contributed by atoms with van der Waals surface area (Å²) in [5.74, 6) is 0.395. The molecule has 1 heterocycles. The SMILES string of the molecule is CCn1cc(C2(N)CCCCC2c2ccccc2)cn1. The molecule has 1 aliphatic rings. The van der Waals surface area contributed by atoms with Crippen LogP contribution in [0.3, 0.4) is 0 Å². The van der Waals surface area contributed by atoms with Crippen LogP contribution in [0.1, 0.15) is 49.7 Å². The van der Waals surface area contributed by atoms with E-state index in [1.165, 1.54) is 24.0 Å². The number of aromatic nitrogens is 2.